The summed E-state index contributed by atoms with van der Waals surface area (Å²) in [6.07, 6.45) is 8.44. The van der Waals surface area contributed by atoms with Gasteiger partial charge in [0.25, 0.3) is 0 Å². The van der Waals surface area contributed by atoms with Gasteiger partial charge >= 0.3 is 0 Å². The molecule has 0 aromatic rings. The number of rotatable bonds is 3. The highest BCUT2D eigenvalue weighted by Gasteiger charge is 2.32. The molecular formula is C12H16N4S. The lowest BCUT2D eigenvalue weighted by Gasteiger charge is -2.23. The number of hydrogen-bond acceptors (Lipinski definition) is 5. The zero-order valence-electron chi connectivity index (χ0n) is 9.67. The molecule has 17 heavy (non-hydrogen) atoms. The first-order chi connectivity index (χ1) is 8.43. The summed E-state index contributed by atoms with van der Waals surface area (Å²) in [4.78, 5) is 13.3. The number of thioether (sulfide) groups is 1. The predicted octanol–water partition coefficient (Wildman–Crippen LogP) is 1.50. The van der Waals surface area contributed by atoms with Crippen LogP contribution in [0.2, 0.25) is 0 Å². The van der Waals surface area contributed by atoms with Crippen molar-refractivity contribution in [1.82, 2.24) is 5.32 Å². The molecule has 1 N–H and O–H groups in total. The molecule has 3 aliphatic rings. The maximum atomic E-state index is 4.48. The van der Waals surface area contributed by atoms with Gasteiger partial charge in [0, 0.05) is 24.7 Å². The third-order valence-electron chi connectivity index (χ3n) is 3.20. The molecule has 0 aliphatic carbocycles. The molecular weight excluding hydrogens is 232 g/mol. The zero-order valence-corrected chi connectivity index (χ0v) is 10.5. The van der Waals surface area contributed by atoms with Gasteiger partial charge < -0.3 is 0 Å². The highest BCUT2D eigenvalue weighted by molar-refractivity contribution is 8.14. The average molecular weight is 248 g/mol. The fourth-order valence-corrected chi connectivity index (χ4v) is 3.45. The van der Waals surface area contributed by atoms with Crippen LogP contribution in [0.25, 0.3) is 0 Å². The molecule has 3 rings (SSSR count). The fourth-order valence-electron chi connectivity index (χ4n) is 2.29. The highest BCUT2D eigenvalue weighted by atomic mass is 32.2. The molecule has 0 spiro atoms. The van der Waals surface area contributed by atoms with E-state index in [1.807, 2.05) is 11.8 Å². The molecule has 4 nitrogen and oxygen atoms in total. The Morgan fingerprint density at radius 3 is 3.35 bits per heavy atom. The molecule has 0 amide bonds. The minimum absolute atomic E-state index is 0.190. The van der Waals surface area contributed by atoms with E-state index >= 15 is 0 Å². The molecule has 5 heteroatoms. The summed E-state index contributed by atoms with van der Waals surface area (Å²) in [7, 11) is 0. The second kappa shape index (κ2) is 5.14. The first kappa shape index (κ1) is 11.2. The second-order valence-corrected chi connectivity index (χ2v) is 5.48. The van der Waals surface area contributed by atoms with Crippen LogP contribution < -0.4 is 5.32 Å². The van der Waals surface area contributed by atoms with E-state index in [4.69, 9.17) is 0 Å². The summed E-state index contributed by atoms with van der Waals surface area (Å²) >= 11 is 1.87. The van der Waals surface area contributed by atoms with Gasteiger partial charge in [0.15, 0.2) is 0 Å². The molecule has 0 aromatic carbocycles. The summed E-state index contributed by atoms with van der Waals surface area (Å²) < 4.78 is 0. The first-order valence-electron chi connectivity index (χ1n) is 6.09. The van der Waals surface area contributed by atoms with E-state index in [-0.39, 0.29) is 6.17 Å². The number of dihydropyridines is 1. The Hall–Kier alpha value is -0.940. The van der Waals surface area contributed by atoms with Crippen LogP contribution in [0, 0.1) is 5.92 Å². The molecule has 2 unspecified atom stereocenters. The lowest BCUT2D eigenvalue weighted by Crippen LogP contribution is -2.40. The molecule has 0 radical (unpaired) electrons. The second-order valence-electron chi connectivity index (χ2n) is 4.37. The van der Waals surface area contributed by atoms with E-state index in [2.05, 4.69) is 32.4 Å². The topological polar surface area (TPSA) is 49.1 Å². The standard InChI is InChI=1S/C12H16N4S/c1-2-5-13-9(3-1)7-14-11-10-4-6-17-12(10)16-8-15-11/h1,3,8,10-11,14H,2,4-7H2. The fraction of sp³-hybridized carbons (Fsp3) is 0.583. The van der Waals surface area contributed by atoms with Crippen LogP contribution >= 0.6 is 11.8 Å². The largest absolute Gasteiger partial charge is 0.289 e. The van der Waals surface area contributed by atoms with Crippen LogP contribution in [0.5, 0.6) is 0 Å². The number of nitrogens with zero attached hydrogens (tertiary/aromatic N) is 3. The molecule has 90 valence electrons. The van der Waals surface area contributed by atoms with Gasteiger partial charge in [0.1, 0.15) is 12.5 Å². The van der Waals surface area contributed by atoms with Crippen molar-refractivity contribution >= 4 is 28.9 Å². The molecule has 0 bridgehead atoms. The van der Waals surface area contributed by atoms with Gasteiger partial charge in [-0.25, -0.2) is 4.99 Å². The van der Waals surface area contributed by atoms with Gasteiger partial charge in [-0.3, -0.25) is 15.3 Å². The number of aliphatic imine (C=N–C) groups is 3. The van der Waals surface area contributed by atoms with Gasteiger partial charge in [-0.15, -0.1) is 11.8 Å². The van der Waals surface area contributed by atoms with E-state index in [0.717, 1.165) is 25.2 Å². The molecule has 1 saturated heterocycles. The average Bonchev–Trinajstić information content (AvgIpc) is 2.86. The van der Waals surface area contributed by atoms with Crippen molar-refractivity contribution in [3.05, 3.63) is 12.2 Å². The van der Waals surface area contributed by atoms with E-state index in [9.17, 15) is 0 Å². The molecule has 3 heterocycles. The smallest absolute Gasteiger partial charge is 0.112 e. The summed E-state index contributed by atoms with van der Waals surface area (Å²) in [6, 6.07) is 0. The Balaban J connectivity index is 1.59. The lowest BCUT2D eigenvalue weighted by molar-refractivity contribution is 0.461. The van der Waals surface area contributed by atoms with Crippen LogP contribution in [0.4, 0.5) is 0 Å². The van der Waals surface area contributed by atoms with E-state index in [1.54, 1.807) is 6.34 Å². The highest BCUT2D eigenvalue weighted by Crippen LogP contribution is 2.31. The maximum absolute atomic E-state index is 4.48. The van der Waals surface area contributed by atoms with Crippen molar-refractivity contribution in [2.75, 3.05) is 18.8 Å². The number of nitrogens with one attached hydrogen (secondary N) is 1. The van der Waals surface area contributed by atoms with Crippen molar-refractivity contribution in [3.8, 4) is 0 Å². The zero-order chi connectivity index (χ0) is 11.5. The quantitative estimate of drug-likeness (QED) is 0.822. The third-order valence-corrected chi connectivity index (χ3v) is 4.35. The molecule has 2 atom stereocenters. The van der Waals surface area contributed by atoms with Crippen LogP contribution in [0.3, 0.4) is 0 Å². The van der Waals surface area contributed by atoms with E-state index in [0.29, 0.717) is 5.92 Å². The minimum Gasteiger partial charge on any atom is -0.289 e. The normalized spacial score (nSPS) is 31.1. The first-order valence-corrected chi connectivity index (χ1v) is 7.07. The van der Waals surface area contributed by atoms with Gasteiger partial charge in [0.2, 0.25) is 0 Å². The van der Waals surface area contributed by atoms with Crippen LogP contribution in [0.15, 0.2) is 27.1 Å². The Labute approximate surface area is 105 Å². The van der Waals surface area contributed by atoms with Gasteiger partial charge in [-0.2, -0.15) is 0 Å². The van der Waals surface area contributed by atoms with Crippen molar-refractivity contribution < 1.29 is 0 Å². The monoisotopic (exact) mass is 248 g/mol. The Bertz CT molecular complexity index is 411. The summed E-state index contributed by atoms with van der Waals surface area (Å²) in [5.41, 5.74) is 1.14. The summed E-state index contributed by atoms with van der Waals surface area (Å²) in [5, 5.41) is 4.74. The lowest BCUT2D eigenvalue weighted by atomic mass is 10.0. The Morgan fingerprint density at radius 2 is 2.47 bits per heavy atom. The van der Waals surface area contributed by atoms with Crippen molar-refractivity contribution in [2.45, 2.75) is 19.0 Å². The molecule has 3 aliphatic heterocycles. The van der Waals surface area contributed by atoms with E-state index < -0.39 is 0 Å². The molecule has 0 aromatic heterocycles. The number of fused-ring (bicyclic) bond motifs is 1. The van der Waals surface area contributed by atoms with Crippen LogP contribution in [0.1, 0.15) is 12.8 Å². The third kappa shape index (κ3) is 2.50. The summed E-state index contributed by atoms with van der Waals surface area (Å²) in [5.74, 6) is 1.66. The van der Waals surface area contributed by atoms with Gasteiger partial charge in [-0.1, -0.05) is 6.08 Å². The van der Waals surface area contributed by atoms with Crippen molar-refractivity contribution in [1.29, 1.82) is 0 Å². The summed E-state index contributed by atoms with van der Waals surface area (Å²) in [6.45, 7) is 1.74. The molecule has 1 fully saturated rings. The van der Waals surface area contributed by atoms with Gasteiger partial charge in [-0.05, 0) is 24.7 Å². The van der Waals surface area contributed by atoms with Crippen LogP contribution in [-0.2, 0) is 0 Å². The Kier molecular flexibility index (Phi) is 3.38. The minimum atomic E-state index is 0.190. The SMILES string of the molecule is C1=CC(CNC2N=CN=C3SCCC32)=NCC1. The van der Waals surface area contributed by atoms with Crippen LogP contribution in [-0.4, -0.2) is 42.1 Å². The maximum Gasteiger partial charge on any atom is 0.112 e. The molecule has 0 saturated carbocycles. The van der Waals surface area contributed by atoms with Crippen molar-refractivity contribution in [2.24, 2.45) is 20.9 Å². The number of hydrogen-bond donors (Lipinski definition) is 1. The van der Waals surface area contributed by atoms with E-state index in [1.165, 1.54) is 17.2 Å². The van der Waals surface area contributed by atoms with Gasteiger partial charge in [0.05, 0.1) is 5.04 Å². The Morgan fingerprint density at radius 1 is 1.47 bits per heavy atom. The predicted molar refractivity (Wildman–Crippen MR) is 74.3 cm³/mol. The van der Waals surface area contributed by atoms with Crippen molar-refractivity contribution in [3.63, 3.8) is 0 Å².